The molecule has 1 aliphatic heterocycles. The van der Waals surface area contributed by atoms with Crippen LogP contribution in [0, 0.1) is 0 Å². The van der Waals surface area contributed by atoms with Crippen LogP contribution in [0.15, 0.2) is 41.7 Å². The average Bonchev–Trinajstić information content (AvgIpc) is 2.72. The molecule has 0 saturated carbocycles. The van der Waals surface area contributed by atoms with Crippen LogP contribution in [0.1, 0.15) is 35.3 Å². The Labute approximate surface area is 193 Å². The summed E-state index contributed by atoms with van der Waals surface area (Å²) in [7, 11) is 1.46. The fraction of sp³-hybridized carbons (Fsp3) is 0.238. The molecule has 32 heavy (non-hydrogen) atoms. The number of pyridine rings is 1. The van der Waals surface area contributed by atoms with Crippen LogP contribution < -0.4 is 26.7 Å². The molecule has 11 heteroatoms. The largest absolute Gasteiger partial charge is 0.497 e. The molecule has 1 aromatic carbocycles. The van der Waals surface area contributed by atoms with Gasteiger partial charge in [0.1, 0.15) is 23.5 Å². The Morgan fingerprint density at radius 2 is 1.97 bits per heavy atom. The van der Waals surface area contributed by atoms with Gasteiger partial charge in [0.15, 0.2) is 0 Å². The number of rotatable bonds is 5. The number of halogens is 2. The Morgan fingerprint density at radius 1 is 1.28 bits per heavy atom. The molecule has 3 heterocycles. The minimum absolute atomic E-state index is 0.147. The van der Waals surface area contributed by atoms with Gasteiger partial charge in [0, 0.05) is 30.4 Å². The zero-order chi connectivity index (χ0) is 23.0. The molecule has 1 saturated heterocycles. The number of hydrogen-bond donors (Lipinski definition) is 3. The lowest BCUT2D eigenvalue weighted by molar-refractivity contribution is 0.102. The van der Waals surface area contributed by atoms with Crippen molar-refractivity contribution >= 4 is 40.6 Å². The summed E-state index contributed by atoms with van der Waals surface area (Å²) in [5, 5.41) is 6.33. The number of benzene rings is 1. The molecule has 4 rings (SSSR count). The molecule has 2 aromatic heterocycles. The fourth-order valence-corrected chi connectivity index (χ4v) is 4.19. The number of nitrogens with zero attached hydrogens (tertiary/aromatic N) is 3. The molecular formula is C21H20Cl2N6O3. The van der Waals surface area contributed by atoms with Crippen molar-refractivity contribution in [1.29, 1.82) is 0 Å². The Balaban J connectivity index is 1.67. The smallest absolute Gasteiger partial charge is 0.273 e. The van der Waals surface area contributed by atoms with Crippen LogP contribution in [0.25, 0.3) is 5.69 Å². The van der Waals surface area contributed by atoms with Gasteiger partial charge in [-0.05, 0) is 25.0 Å². The monoisotopic (exact) mass is 474 g/mol. The first kappa shape index (κ1) is 22.1. The minimum atomic E-state index is -0.720. The predicted molar refractivity (Wildman–Crippen MR) is 123 cm³/mol. The third-order valence-corrected chi connectivity index (χ3v) is 5.77. The number of carbonyl (C=O) groups excluding carboxylic acids is 1. The van der Waals surface area contributed by atoms with E-state index in [1.807, 2.05) is 0 Å². The van der Waals surface area contributed by atoms with E-state index in [-0.39, 0.29) is 33.2 Å². The number of nitrogens with one attached hydrogen (secondary N) is 2. The molecule has 4 N–H and O–H groups in total. The Morgan fingerprint density at radius 3 is 2.59 bits per heavy atom. The van der Waals surface area contributed by atoms with E-state index >= 15 is 0 Å². The molecular weight excluding hydrogens is 455 g/mol. The highest BCUT2D eigenvalue weighted by Crippen LogP contribution is 2.33. The van der Waals surface area contributed by atoms with Crippen LogP contribution in [0.4, 0.5) is 11.5 Å². The maximum Gasteiger partial charge on any atom is 0.273 e. The molecule has 0 spiro atoms. The van der Waals surface area contributed by atoms with Crippen molar-refractivity contribution in [3.8, 4) is 11.4 Å². The van der Waals surface area contributed by atoms with Gasteiger partial charge in [0.25, 0.3) is 11.5 Å². The van der Waals surface area contributed by atoms with Gasteiger partial charge in [-0.3, -0.25) is 19.1 Å². The van der Waals surface area contributed by atoms with Crippen molar-refractivity contribution in [3.05, 3.63) is 68.4 Å². The number of nitrogen functional groups attached to an aromatic ring is 1. The average molecular weight is 475 g/mol. The maximum atomic E-state index is 13.2. The highest BCUT2D eigenvalue weighted by atomic mass is 35.5. The first-order valence-electron chi connectivity index (χ1n) is 9.71. The maximum absolute atomic E-state index is 13.2. The number of nitrogens with two attached hydrogens (primary N) is 1. The predicted octanol–water partition coefficient (Wildman–Crippen LogP) is 3.20. The van der Waals surface area contributed by atoms with E-state index < -0.39 is 11.5 Å². The van der Waals surface area contributed by atoms with Crippen LogP contribution in [0.3, 0.4) is 0 Å². The molecule has 0 aliphatic carbocycles. The summed E-state index contributed by atoms with van der Waals surface area (Å²) >= 11 is 12.6. The lowest BCUT2D eigenvalue weighted by Crippen LogP contribution is -2.43. The number of anilines is 2. The lowest BCUT2D eigenvalue weighted by Gasteiger charge is -2.35. The van der Waals surface area contributed by atoms with E-state index in [0.717, 1.165) is 16.6 Å². The van der Waals surface area contributed by atoms with Gasteiger partial charge in [0.05, 0.1) is 34.7 Å². The highest BCUT2D eigenvalue weighted by molar-refractivity contribution is 6.38. The summed E-state index contributed by atoms with van der Waals surface area (Å²) < 4.78 is 6.20. The zero-order valence-electron chi connectivity index (χ0n) is 17.2. The van der Waals surface area contributed by atoms with E-state index in [9.17, 15) is 9.59 Å². The molecule has 1 aliphatic rings. The normalized spacial score (nSPS) is 17.5. The SMILES string of the molecule is COc1cc(Cl)c(-n2cnc(N)c(C(=O)Nc3cncc([C@H]4C[C@H](C)N4)c3)c2=O)c(Cl)c1. The first-order valence-corrected chi connectivity index (χ1v) is 10.5. The summed E-state index contributed by atoms with van der Waals surface area (Å²) in [6.45, 7) is 2.09. The summed E-state index contributed by atoms with van der Waals surface area (Å²) in [6, 6.07) is 5.41. The van der Waals surface area contributed by atoms with Gasteiger partial charge in [-0.1, -0.05) is 23.2 Å². The van der Waals surface area contributed by atoms with Crippen molar-refractivity contribution in [2.45, 2.75) is 25.4 Å². The third-order valence-electron chi connectivity index (χ3n) is 5.19. The second-order valence-corrected chi connectivity index (χ2v) is 8.25. The summed E-state index contributed by atoms with van der Waals surface area (Å²) in [5.74, 6) is -0.520. The second-order valence-electron chi connectivity index (χ2n) is 7.44. The van der Waals surface area contributed by atoms with E-state index in [0.29, 0.717) is 17.5 Å². The van der Waals surface area contributed by atoms with Crippen LogP contribution >= 0.6 is 23.2 Å². The third kappa shape index (κ3) is 4.14. The van der Waals surface area contributed by atoms with E-state index in [4.69, 9.17) is 33.7 Å². The standard InChI is InChI=1S/C21H20Cl2N6O3/c1-10-3-16(27-10)11-4-12(8-25-7-11)28-20(30)17-19(24)26-9-29(21(17)31)18-14(22)5-13(32-2)6-15(18)23/h4-10,16,27H,3,24H2,1-2H3,(H,28,30)/t10-,16+/m0/s1. The molecule has 2 atom stereocenters. The van der Waals surface area contributed by atoms with Crippen molar-refractivity contribution < 1.29 is 9.53 Å². The van der Waals surface area contributed by atoms with Crippen LogP contribution in [0.2, 0.25) is 10.0 Å². The summed E-state index contributed by atoms with van der Waals surface area (Å²) in [4.78, 5) is 34.3. The van der Waals surface area contributed by atoms with Crippen LogP contribution in [0.5, 0.6) is 5.75 Å². The van der Waals surface area contributed by atoms with E-state index in [2.05, 4.69) is 27.5 Å². The number of methoxy groups -OCH3 is 1. The molecule has 0 bridgehead atoms. The van der Waals surface area contributed by atoms with Gasteiger partial charge in [-0.15, -0.1) is 0 Å². The zero-order valence-corrected chi connectivity index (χ0v) is 18.7. The number of amides is 1. The van der Waals surface area contributed by atoms with Crippen molar-refractivity contribution in [1.82, 2.24) is 19.9 Å². The minimum Gasteiger partial charge on any atom is -0.497 e. The molecule has 166 valence electrons. The second kappa shape index (κ2) is 8.78. The molecule has 1 fully saturated rings. The number of hydrogen-bond acceptors (Lipinski definition) is 7. The fourth-order valence-electron chi connectivity index (χ4n) is 3.55. The first-order chi connectivity index (χ1) is 15.3. The van der Waals surface area contributed by atoms with Crippen molar-refractivity contribution in [2.24, 2.45) is 0 Å². The highest BCUT2D eigenvalue weighted by Gasteiger charge is 2.26. The lowest BCUT2D eigenvalue weighted by atomic mass is 9.93. The van der Waals surface area contributed by atoms with E-state index in [1.54, 1.807) is 12.3 Å². The number of aromatic nitrogens is 3. The van der Waals surface area contributed by atoms with Crippen LogP contribution in [-0.4, -0.2) is 33.6 Å². The van der Waals surface area contributed by atoms with Crippen molar-refractivity contribution in [2.75, 3.05) is 18.2 Å². The molecule has 0 radical (unpaired) electrons. The van der Waals surface area contributed by atoms with Gasteiger partial charge in [-0.2, -0.15) is 0 Å². The Bertz CT molecular complexity index is 1230. The quantitative estimate of drug-likeness (QED) is 0.518. The Hall–Kier alpha value is -3.14. The van der Waals surface area contributed by atoms with Gasteiger partial charge in [-0.25, -0.2) is 4.98 Å². The molecule has 3 aromatic rings. The van der Waals surface area contributed by atoms with Gasteiger partial charge in [0.2, 0.25) is 0 Å². The summed E-state index contributed by atoms with van der Waals surface area (Å²) in [6.07, 6.45) is 5.37. The Kier molecular flexibility index (Phi) is 6.05. The molecule has 0 unspecified atom stereocenters. The van der Waals surface area contributed by atoms with Crippen LogP contribution in [-0.2, 0) is 0 Å². The van der Waals surface area contributed by atoms with Crippen molar-refractivity contribution in [3.63, 3.8) is 0 Å². The number of ether oxygens (including phenoxy) is 1. The molecule has 1 amide bonds. The van der Waals surface area contributed by atoms with E-state index in [1.165, 1.54) is 31.8 Å². The van der Waals surface area contributed by atoms with Gasteiger partial charge < -0.3 is 21.1 Å². The summed E-state index contributed by atoms with van der Waals surface area (Å²) in [5.41, 5.74) is 6.35. The number of carbonyl (C=O) groups is 1. The molecule has 9 nitrogen and oxygen atoms in total. The topological polar surface area (TPSA) is 124 Å². The van der Waals surface area contributed by atoms with Gasteiger partial charge >= 0.3 is 0 Å².